The van der Waals surface area contributed by atoms with Crippen LogP contribution >= 0.6 is 0 Å². The van der Waals surface area contributed by atoms with E-state index in [0.717, 1.165) is 31.4 Å². The van der Waals surface area contributed by atoms with Gasteiger partial charge in [-0.3, -0.25) is 4.68 Å². The van der Waals surface area contributed by atoms with Crippen molar-refractivity contribution in [1.29, 1.82) is 0 Å². The van der Waals surface area contributed by atoms with Crippen molar-refractivity contribution < 1.29 is 5.11 Å². The Morgan fingerprint density at radius 1 is 1.60 bits per heavy atom. The average molecular weight is 209 g/mol. The largest absolute Gasteiger partial charge is 0.393 e. The number of aliphatic hydroxyl groups is 1. The lowest BCUT2D eigenvalue weighted by molar-refractivity contribution is 0.0941. The van der Waals surface area contributed by atoms with Gasteiger partial charge in [0.25, 0.3) is 0 Å². The minimum Gasteiger partial charge on any atom is -0.393 e. The number of rotatable bonds is 2. The highest BCUT2D eigenvalue weighted by Gasteiger charge is 2.20. The molecule has 0 amide bonds. The number of aryl methyl sites for hydroxylation is 1. The molecule has 2 rings (SSSR count). The maximum absolute atomic E-state index is 9.56. The standard InChI is InChI=1S/C11H19N3O/c1-8-6-14(13-11(8)12)7-9-3-2-4-10(15)5-9/h6,9-10,15H,2-5,7H2,1H3,(H2,12,13). The second-order valence-corrected chi connectivity index (χ2v) is 4.61. The summed E-state index contributed by atoms with van der Waals surface area (Å²) in [6.07, 6.45) is 6.04. The SMILES string of the molecule is Cc1cn(CC2CCCC(O)C2)nc1N. The summed E-state index contributed by atoms with van der Waals surface area (Å²) in [4.78, 5) is 0. The second-order valence-electron chi connectivity index (χ2n) is 4.61. The predicted octanol–water partition coefficient (Wildman–Crippen LogP) is 1.32. The molecule has 2 atom stereocenters. The zero-order valence-corrected chi connectivity index (χ0v) is 9.19. The van der Waals surface area contributed by atoms with Gasteiger partial charge in [-0.1, -0.05) is 6.42 Å². The summed E-state index contributed by atoms with van der Waals surface area (Å²) in [6, 6.07) is 0. The Labute approximate surface area is 90.1 Å². The summed E-state index contributed by atoms with van der Waals surface area (Å²) >= 11 is 0. The van der Waals surface area contributed by atoms with Crippen LogP contribution in [-0.2, 0) is 6.54 Å². The molecule has 1 aromatic heterocycles. The Hall–Kier alpha value is -1.03. The van der Waals surface area contributed by atoms with Gasteiger partial charge in [0, 0.05) is 18.3 Å². The zero-order valence-electron chi connectivity index (χ0n) is 9.19. The van der Waals surface area contributed by atoms with Crippen LogP contribution in [0.1, 0.15) is 31.2 Å². The number of nitrogens with two attached hydrogens (primary N) is 1. The van der Waals surface area contributed by atoms with Gasteiger partial charge in [-0.15, -0.1) is 0 Å². The highest BCUT2D eigenvalue weighted by atomic mass is 16.3. The smallest absolute Gasteiger partial charge is 0.148 e. The molecule has 0 aromatic carbocycles. The van der Waals surface area contributed by atoms with Gasteiger partial charge >= 0.3 is 0 Å². The zero-order chi connectivity index (χ0) is 10.8. The van der Waals surface area contributed by atoms with Gasteiger partial charge in [-0.25, -0.2) is 0 Å². The third kappa shape index (κ3) is 2.50. The van der Waals surface area contributed by atoms with Crippen molar-refractivity contribution in [2.24, 2.45) is 5.92 Å². The quantitative estimate of drug-likeness (QED) is 0.772. The number of hydrogen-bond acceptors (Lipinski definition) is 3. The first-order chi connectivity index (χ1) is 7.15. The van der Waals surface area contributed by atoms with Crippen LogP contribution in [0.25, 0.3) is 0 Å². The van der Waals surface area contributed by atoms with Crippen LogP contribution < -0.4 is 5.73 Å². The molecule has 4 heteroatoms. The first-order valence-corrected chi connectivity index (χ1v) is 5.62. The molecule has 0 saturated heterocycles. The Kier molecular flexibility index (Phi) is 2.95. The number of hydrogen-bond donors (Lipinski definition) is 2. The normalized spacial score (nSPS) is 26.8. The van der Waals surface area contributed by atoms with Crippen LogP contribution in [-0.4, -0.2) is 21.0 Å². The third-order valence-corrected chi connectivity index (χ3v) is 3.18. The molecule has 1 aliphatic carbocycles. The lowest BCUT2D eigenvalue weighted by atomic mass is 9.87. The van der Waals surface area contributed by atoms with Crippen LogP contribution in [0.2, 0.25) is 0 Å². The topological polar surface area (TPSA) is 64.1 Å². The van der Waals surface area contributed by atoms with Gasteiger partial charge in [0.05, 0.1) is 6.10 Å². The maximum atomic E-state index is 9.56. The van der Waals surface area contributed by atoms with Gasteiger partial charge < -0.3 is 10.8 Å². The van der Waals surface area contributed by atoms with Crippen molar-refractivity contribution in [3.63, 3.8) is 0 Å². The molecule has 0 radical (unpaired) electrons. The summed E-state index contributed by atoms with van der Waals surface area (Å²) in [5.74, 6) is 1.17. The molecule has 84 valence electrons. The fourth-order valence-corrected chi connectivity index (χ4v) is 2.32. The first kappa shape index (κ1) is 10.5. The van der Waals surface area contributed by atoms with Crippen LogP contribution in [0.5, 0.6) is 0 Å². The molecule has 1 fully saturated rings. The molecule has 0 bridgehead atoms. The molecule has 0 aliphatic heterocycles. The predicted molar refractivity (Wildman–Crippen MR) is 59.3 cm³/mol. The lowest BCUT2D eigenvalue weighted by Gasteiger charge is -2.25. The van der Waals surface area contributed by atoms with Gasteiger partial charge in [-0.05, 0) is 32.1 Å². The van der Waals surface area contributed by atoms with Crippen molar-refractivity contribution in [3.8, 4) is 0 Å². The number of anilines is 1. The van der Waals surface area contributed by atoms with Crippen molar-refractivity contribution in [2.45, 2.75) is 45.3 Å². The molecule has 1 heterocycles. The van der Waals surface area contributed by atoms with Crippen LogP contribution in [0, 0.1) is 12.8 Å². The van der Waals surface area contributed by atoms with Gasteiger partial charge in [0.1, 0.15) is 5.82 Å². The highest BCUT2D eigenvalue weighted by Crippen LogP contribution is 2.25. The first-order valence-electron chi connectivity index (χ1n) is 5.62. The van der Waals surface area contributed by atoms with Crippen LogP contribution in [0.3, 0.4) is 0 Å². The average Bonchev–Trinajstić information content (AvgIpc) is 2.45. The lowest BCUT2D eigenvalue weighted by Crippen LogP contribution is -2.23. The van der Waals surface area contributed by atoms with Crippen LogP contribution in [0.4, 0.5) is 5.82 Å². The van der Waals surface area contributed by atoms with E-state index in [0.29, 0.717) is 11.7 Å². The van der Waals surface area contributed by atoms with E-state index in [1.54, 1.807) is 0 Å². The molecule has 1 aromatic rings. The van der Waals surface area contributed by atoms with Gasteiger partial charge in [0.2, 0.25) is 0 Å². The molecular weight excluding hydrogens is 190 g/mol. The highest BCUT2D eigenvalue weighted by molar-refractivity contribution is 5.35. The monoisotopic (exact) mass is 209 g/mol. The van der Waals surface area contributed by atoms with Crippen LogP contribution in [0.15, 0.2) is 6.20 Å². The van der Waals surface area contributed by atoms with Crippen molar-refractivity contribution in [2.75, 3.05) is 5.73 Å². The molecular formula is C11H19N3O. The minimum atomic E-state index is -0.113. The number of nitrogens with zero attached hydrogens (tertiary/aromatic N) is 2. The summed E-state index contributed by atoms with van der Waals surface area (Å²) in [7, 11) is 0. The van der Waals surface area contributed by atoms with E-state index >= 15 is 0 Å². The Morgan fingerprint density at radius 2 is 2.40 bits per heavy atom. The molecule has 1 saturated carbocycles. The van der Waals surface area contributed by atoms with E-state index in [1.165, 1.54) is 6.42 Å². The number of nitrogen functional groups attached to an aromatic ring is 1. The van der Waals surface area contributed by atoms with E-state index in [2.05, 4.69) is 5.10 Å². The van der Waals surface area contributed by atoms with E-state index in [1.807, 2.05) is 17.8 Å². The van der Waals surface area contributed by atoms with E-state index in [9.17, 15) is 5.11 Å². The van der Waals surface area contributed by atoms with Crippen molar-refractivity contribution in [3.05, 3.63) is 11.8 Å². The molecule has 1 aliphatic rings. The number of aromatic nitrogens is 2. The molecule has 4 nitrogen and oxygen atoms in total. The van der Waals surface area contributed by atoms with E-state index in [4.69, 9.17) is 5.73 Å². The van der Waals surface area contributed by atoms with Gasteiger partial charge in [-0.2, -0.15) is 5.10 Å². The van der Waals surface area contributed by atoms with Crippen molar-refractivity contribution in [1.82, 2.24) is 9.78 Å². The molecule has 3 N–H and O–H groups in total. The van der Waals surface area contributed by atoms with E-state index in [-0.39, 0.29) is 6.10 Å². The molecule has 15 heavy (non-hydrogen) atoms. The molecule has 0 spiro atoms. The summed E-state index contributed by atoms with van der Waals surface area (Å²) in [5, 5.41) is 13.8. The fourth-order valence-electron chi connectivity index (χ4n) is 2.32. The number of aliphatic hydroxyl groups excluding tert-OH is 1. The Balaban J connectivity index is 1.96. The Morgan fingerprint density at radius 3 is 3.00 bits per heavy atom. The maximum Gasteiger partial charge on any atom is 0.148 e. The third-order valence-electron chi connectivity index (χ3n) is 3.18. The summed E-state index contributed by atoms with van der Waals surface area (Å²) in [6.45, 7) is 2.85. The Bertz CT molecular complexity index is 315. The van der Waals surface area contributed by atoms with E-state index < -0.39 is 0 Å². The minimum absolute atomic E-state index is 0.113. The summed E-state index contributed by atoms with van der Waals surface area (Å²) < 4.78 is 1.91. The summed E-state index contributed by atoms with van der Waals surface area (Å²) in [5.41, 5.74) is 6.73. The van der Waals surface area contributed by atoms with Gasteiger partial charge in [0.15, 0.2) is 0 Å². The fraction of sp³-hybridized carbons (Fsp3) is 0.727. The second kappa shape index (κ2) is 4.23. The van der Waals surface area contributed by atoms with Crippen molar-refractivity contribution >= 4 is 5.82 Å². The molecule has 2 unspecified atom stereocenters.